The Balaban J connectivity index is 2.09. The Morgan fingerprint density at radius 2 is 2.40 bits per heavy atom. The Labute approximate surface area is 86.4 Å². The van der Waals surface area contributed by atoms with Crippen LogP contribution in [-0.2, 0) is 13.0 Å². The third-order valence-electron chi connectivity index (χ3n) is 2.46. The quantitative estimate of drug-likeness (QED) is 0.687. The highest BCUT2D eigenvalue weighted by Gasteiger charge is 2.17. The lowest BCUT2D eigenvalue weighted by molar-refractivity contribution is 0.617. The smallest absolute Gasteiger partial charge is 0.158 e. The van der Waals surface area contributed by atoms with E-state index in [4.69, 9.17) is 0 Å². The van der Waals surface area contributed by atoms with Crippen LogP contribution in [0.25, 0.3) is 5.82 Å². The van der Waals surface area contributed by atoms with Crippen LogP contribution < -0.4 is 5.32 Å². The van der Waals surface area contributed by atoms with Gasteiger partial charge >= 0.3 is 0 Å². The highest BCUT2D eigenvalue weighted by Crippen LogP contribution is 2.13. The molecule has 6 heteroatoms. The van der Waals surface area contributed by atoms with Gasteiger partial charge in [-0.15, -0.1) is 5.10 Å². The Morgan fingerprint density at radius 1 is 1.40 bits per heavy atom. The van der Waals surface area contributed by atoms with E-state index in [9.17, 15) is 0 Å². The number of nitrogens with one attached hydrogen (secondary N) is 1. The first-order valence-electron chi connectivity index (χ1n) is 4.86. The van der Waals surface area contributed by atoms with E-state index in [1.54, 1.807) is 10.9 Å². The summed E-state index contributed by atoms with van der Waals surface area (Å²) in [6, 6.07) is 1.83. The first-order valence-corrected chi connectivity index (χ1v) is 4.86. The lowest BCUT2D eigenvalue weighted by Crippen LogP contribution is -2.24. The molecule has 3 heterocycles. The minimum absolute atomic E-state index is 0.778. The Morgan fingerprint density at radius 3 is 3.27 bits per heavy atom. The predicted octanol–water partition coefficient (Wildman–Crippen LogP) is -0.297. The fourth-order valence-electron chi connectivity index (χ4n) is 1.73. The van der Waals surface area contributed by atoms with E-state index in [-0.39, 0.29) is 0 Å². The van der Waals surface area contributed by atoms with Gasteiger partial charge in [-0.25, -0.2) is 9.97 Å². The van der Waals surface area contributed by atoms with Crippen LogP contribution in [0, 0.1) is 0 Å². The molecule has 1 aliphatic rings. The minimum atomic E-state index is 0.778. The summed E-state index contributed by atoms with van der Waals surface area (Å²) in [6.45, 7) is 1.76. The minimum Gasteiger partial charge on any atom is -0.311 e. The zero-order valence-electron chi connectivity index (χ0n) is 8.09. The van der Waals surface area contributed by atoms with Crippen molar-refractivity contribution in [2.45, 2.75) is 13.0 Å². The van der Waals surface area contributed by atoms with Crippen LogP contribution in [0.4, 0.5) is 0 Å². The van der Waals surface area contributed by atoms with Crippen molar-refractivity contribution in [1.29, 1.82) is 0 Å². The van der Waals surface area contributed by atoms with Crippen molar-refractivity contribution >= 4 is 0 Å². The van der Waals surface area contributed by atoms with Crippen LogP contribution in [-0.4, -0.2) is 31.5 Å². The molecule has 0 fully saturated rings. The van der Waals surface area contributed by atoms with Crippen molar-refractivity contribution in [3.63, 3.8) is 0 Å². The maximum Gasteiger partial charge on any atom is 0.158 e. The maximum absolute atomic E-state index is 4.16. The Bertz CT molecular complexity index is 463. The molecular formula is C9H10N6. The first-order chi connectivity index (χ1) is 7.45. The summed E-state index contributed by atoms with van der Waals surface area (Å²) in [6.07, 6.45) is 4.16. The average molecular weight is 202 g/mol. The normalized spacial score (nSPS) is 14.9. The number of hydrogen-bond acceptors (Lipinski definition) is 5. The van der Waals surface area contributed by atoms with Gasteiger partial charge in [-0.3, -0.25) is 0 Å². The van der Waals surface area contributed by atoms with Gasteiger partial charge in [-0.05, 0) is 0 Å². The topological polar surface area (TPSA) is 68.5 Å². The van der Waals surface area contributed by atoms with E-state index in [2.05, 4.69) is 25.6 Å². The lowest BCUT2D eigenvalue weighted by atomic mass is 10.2. The molecule has 0 spiro atoms. The van der Waals surface area contributed by atoms with E-state index >= 15 is 0 Å². The third kappa shape index (κ3) is 1.39. The monoisotopic (exact) mass is 202 g/mol. The number of aromatic nitrogens is 5. The second kappa shape index (κ2) is 3.39. The van der Waals surface area contributed by atoms with Crippen molar-refractivity contribution in [3.8, 4) is 5.82 Å². The molecule has 0 saturated carbocycles. The molecule has 3 rings (SSSR count). The van der Waals surface area contributed by atoms with Gasteiger partial charge in [0, 0.05) is 31.8 Å². The van der Waals surface area contributed by atoms with Crippen LogP contribution in [0.1, 0.15) is 11.4 Å². The van der Waals surface area contributed by atoms with Gasteiger partial charge in [0.05, 0.1) is 5.69 Å². The predicted molar refractivity (Wildman–Crippen MR) is 52.4 cm³/mol. The summed E-state index contributed by atoms with van der Waals surface area (Å²) in [5, 5.41) is 11.5. The average Bonchev–Trinajstić information content (AvgIpc) is 2.74. The van der Waals surface area contributed by atoms with Crippen LogP contribution >= 0.6 is 0 Å². The molecule has 1 N–H and O–H groups in total. The summed E-state index contributed by atoms with van der Waals surface area (Å²) in [5.41, 5.74) is 2.16. The van der Waals surface area contributed by atoms with Crippen LogP contribution in [0.3, 0.4) is 0 Å². The largest absolute Gasteiger partial charge is 0.311 e. The SMILES string of the molecule is c1cc(-n2nnc3c2CCNC3)ncn1. The van der Waals surface area contributed by atoms with Crippen molar-refractivity contribution < 1.29 is 0 Å². The molecule has 0 bridgehead atoms. The highest BCUT2D eigenvalue weighted by molar-refractivity contribution is 5.25. The molecule has 15 heavy (non-hydrogen) atoms. The van der Waals surface area contributed by atoms with E-state index < -0.39 is 0 Å². The van der Waals surface area contributed by atoms with Crippen molar-refractivity contribution in [2.24, 2.45) is 0 Å². The number of nitrogens with zero attached hydrogens (tertiary/aromatic N) is 5. The molecule has 0 unspecified atom stereocenters. The molecule has 76 valence electrons. The van der Waals surface area contributed by atoms with Crippen LogP contribution in [0.2, 0.25) is 0 Å². The Hall–Kier alpha value is -1.82. The fourth-order valence-corrected chi connectivity index (χ4v) is 1.73. The standard InChI is InChI=1S/C9H10N6/c1-3-10-5-7-8(1)15(14-13-7)9-2-4-11-6-12-9/h2,4,6,10H,1,3,5H2. The highest BCUT2D eigenvalue weighted by atomic mass is 15.5. The van der Waals surface area contributed by atoms with Gasteiger partial charge in [-0.2, -0.15) is 4.68 Å². The van der Waals surface area contributed by atoms with E-state index in [1.165, 1.54) is 6.33 Å². The molecule has 0 radical (unpaired) electrons. The number of hydrogen-bond donors (Lipinski definition) is 1. The van der Waals surface area contributed by atoms with E-state index in [1.807, 2.05) is 6.07 Å². The number of rotatable bonds is 1. The van der Waals surface area contributed by atoms with E-state index in [0.717, 1.165) is 36.7 Å². The van der Waals surface area contributed by atoms with Gasteiger partial charge < -0.3 is 5.32 Å². The molecule has 0 aromatic carbocycles. The zero-order valence-corrected chi connectivity index (χ0v) is 8.09. The molecule has 0 saturated heterocycles. The number of fused-ring (bicyclic) bond motifs is 1. The first kappa shape index (κ1) is 8.49. The van der Waals surface area contributed by atoms with Crippen LogP contribution in [0.15, 0.2) is 18.6 Å². The van der Waals surface area contributed by atoms with Crippen LogP contribution in [0.5, 0.6) is 0 Å². The molecule has 2 aromatic heterocycles. The molecule has 0 atom stereocenters. The lowest BCUT2D eigenvalue weighted by Gasteiger charge is -2.12. The van der Waals surface area contributed by atoms with Gasteiger partial charge in [-0.1, -0.05) is 5.21 Å². The molecule has 0 aliphatic carbocycles. The second-order valence-corrected chi connectivity index (χ2v) is 3.39. The molecular weight excluding hydrogens is 192 g/mol. The maximum atomic E-state index is 4.16. The summed E-state index contributed by atoms with van der Waals surface area (Å²) in [4.78, 5) is 8.04. The van der Waals surface area contributed by atoms with Crippen molar-refractivity contribution in [1.82, 2.24) is 30.3 Å². The third-order valence-corrected chi connectivity index (χ3v) is 2.46. The van der Waals surface area contributed by atoms with E-state index in [0.29, 0.717) is 0 Å². The molecule has 1 aliphatic heterocycles. The van der Waals surface area contributed by atoms with Gasteiger partial charge in [0.15, 0.2) is 5.82 Å². The summed E-state index contributed by atoms with van der Waals surface area (Å²) >= 11 is 0. The summed E-state index contributed by atoms with van der Waals surface area (Å²) in [5.74, 6) is 0.778. The van der Waals surface area contributed by atoms with Gasteiger partial charge in [0.1, 0.15) is 12.0 Å². The summed E-state index contributed by atoms with van der Waals surface area (Å²) < 4.78 is 1.79. The van der Waals surface area contributed by atoms with Crippen molar-refractivity contribution in [2.75, 3.05) is 6.54 Å². The fraction of sp³-hybridized carbons (Fsp3) is 0.333. The Kier molecular flexibility index (Phi) is 1.92. The summed E-state index contributed by atoms with van der Waals surface area (Å²) in [7, 11) is 0. The molecule has 2 aromatic rings. The zero-order chi connectivity index (χ0) is 10.1. The molecule has 6 nitrogen and oxygen atoms in total. The van der Waals surface area contributed by atoms with Gasteiger partial charge in [0.2, 0.25) is 0 Å². The van der Waals surface area contributed by atoms with Gasteiger partial charge in [0.25, 0.3) is 0 Å². The van der Waals surface area contributed by atoms with Crippen molar-refractivity contribution in [3.05, 3.63) is 30.0 Å². The second-order valence-electron chi connectivity index (χ2n) is 3.39. The molecule has 0 amide bonds.